The first-order valence-corrected chi connectivity index (χ1v) is 6.40. The lowest BCUT2D eigenvalue weighted by Gasteiger charge is -2.04. The first kappa shape index (κ1) is 13.5. The maximum Gasteiger partial charge on any atom is 0.285 e. The van der Waals surface area contributed by atoms with Crippen LogP contribution in [0.1, 0.15) is 13.8 Å². The standard InChI is InChI=1S/C11H13NO4S/c1-8(2)10(13)7-17(16)11-6-4-3-5-9(11)12(14)15/h3-6,8H,7H2,1-2H3. The first-order valence-electron chi connectivity index (χ1n) is 5.08. The summed E-state index contributed by atoms with van der Waals surface area (Å²) in [6.45, 7) is 3.41. The molecule has 6 heteroatoms. The molecule has 0 saturated heterocycles. The number of para-hydroxylation sites is 1. The van der Waals surface area contributed by atoms with E-state index >= 15 is 0 Å². The Morgan fingerprint density at radius 1 is 1.41 bits per heavy atom. The van der Waals surface area contributed by atoms with Crippen LogP contribution >= 0.6 is 0 Å². The fourth-order valence-electron chi connectivity index (χ4n) is 1.17. The second-order valence-corrected chi connectivity index (χ2v) is 5.26. The first-order chi connectivity index (χ1) is 7.93. The summed E-state index contributed by atoms with van der Waals surface area (Å²) < 4.78 is 11.9. The van der Waals surface area contributed by atoms with Gasteiger partial charge in [-0.1, -0.05) is 26.0 Å². The van der Waals surface area contributed by atoms with Gasteiger partial charge in [-0.25, -0.2) is 0 Å². The van der Waals surface area contributed by atoms with E-state index in [1.54, 1.807) is 19.9 Å². The number of carbonyl (C=O) groups is 1. The van der Waals surface area contributed by atoms with E-state index in [1.807, 2.05) is 0 Å². The topological polar surface area (TPSA) is 77.3 Å². The largest absolute Gasteiger partial charge is 0.298 e. The van der Waals surface area contributed by atoms with Crippen molar-refractivity contribution in [2.45, 2.75) is 18.7 Å². The average molecular weight is 255 g/mol. The van der Waals surface area contributed by atoms with Crippen molar-refractivity contribution >= 4 is 22.3 Å². The second-order valence-electron chi connectivity index (χ2n) is 3.84. The highest BCUT2D eigenvalue weighted by atomic mass is 32.2. The van der Waals surface area contributed by atoms with E-state index < -0.39 is 15.7 Å². The number of rotatable bonds is 5. The van der Waals surface area contributed by atoms with E-state index in [0.717, 1.165) is 0 Å². The molecule has 0 fully saturated rings. The molecule has 0 aromatic heterocycles. The van der Waals surface area contributed by atoms with Gasteiger partial charge in [0.05, 0.1) is 21.5 Å². The molecule has 0 N–H and O–H groups in total. The van der Waals surface area contributed by atoms with Crippen LogP contribution in [0.5, 0.6) is 0 Å². The lowest BCUT2D eigenvalue weighted by atomic mass is 10.1. The van der Waals surface area contributed by atoms with Crippen LogP contribution in [-0.4, -0.2) is 20.7 Å². The third-order valence-corrected chi connectivity index (χ3v) is 3.61. The molecule has 0 aliphatic carbocycles. The zero-order valence-corrected chi connectivity index (χ0v) is 10.4. The van der Waals surface area contributed by atoms with Gasteiger partial charge in [0, 0.05) is 12.0 Å². The van der Waals surface area contributed by atoms with Crippen molar-refractivity contribution in [2.24, 2.45) is 5.92 Å². The highest BCUT2D eigenvalue weighted by molar-refractivity contribution is 7.86. The average Bonchev–Trinajstić information content (AvgIpc) is 2.28. The third-order valence-electron chi connectivity index (χ3n) is 2.22. The van der Waals surface area contributed by atoms with Gasteiger partial charge in [0.25, 0.3) is 5.69 Å². The summed E-state index contributed by atoms with van der Waals surface area (Å²) in [4.78, 5) is 21.7. The number of hydrogen-bond donors (Lipinski definition) is 0. The number of benzene rings is 1. The number of nitrogens with zero attached hydrogens (tertiary/aromatic N) is 1. The second kappa shape index (κ2) is 5.67. The van der Waals surface area contributed by atoms with Crippen molar-refractivity contribution in [3.8, 4) is 0 Å². The maximum atomic E-state index is 11.9. The fourth-order valence-corrected chi connectivity index (χ4v) is 2.53. The van der Waals surface area contributed by atoms with Gasteiger partial charge in [0.1, 0.15) is 10.7 Å². The minimum absolute atomic E-state index is 0.103. The normalized spacial score (nSPS) is 12.4. The molecule has 0 aliphatic heterocycles. The van der Waals surface area contributed by atoms with E-state index in [2.05, 4.69) is 0 Å². The lowest BCUT2D eigenvalue weighted by Crippen LogP contribution is -2.16. The molecule has 5 nitrogen and oxygen atoms in total. The van der Waals surface area contributed by atoms with Gasteiger partial charge in [0.2, 0.25) is 0 Å². The van der Waals surface area contributed by atoms with Crippen molar-refractivity contribution in [3.05, 3.63) is 34.4 Å². The van der Waals surface area contributed by atoms with Gasteiger partial charge in [-0.2, -0.15) is 0 Å². The molecule has 1 unspecified atom stereocenters. The highest BCUT2D eigenvalue weighted by Crippen LogP contribution is 2.21. The van der Waals surface area contributed by atoms with E-state index in [0.29, 0.717) is 0 Å². The number of nitro benzene ring substituents is 1. The maximum absolute atomic E-state index is 11.9. The van der Waals surface area contributed by atoms with Crippen LogP contribution in [0.4, 0.5) is 5.69 Å². The Morgan fingerprint density at radius 2 is 2.00 bits per heavy atom. The number of Topliss-reactive ketones (excluding diaryl/α,β-unsaturated/α-hetero) is 1. The molecule has 1 rings (SSSR count). The summed E-state index contributed by atoms with van der Waals surface area (Å²) >= 11 is 0. The predicted octanol–water partition coefficient (Wildman–Crippen LogP) is 1.93. The summed E-state index contributed by atoms with van der Waals surface area (Å²) in [7, 11) is -1.66. The third kappa shape index (κ3) is 3.45. The minimum atomic E-state index is -1.66. The lowest BCUT2D eigenvalue weighted by molar-refractivity contribution is -0.387. The molecule has 0 spiro atoms. The molecular formula is C11H13NO4S. The van der Waals surface area contributed by atoms with Gasteiger partial charge >= 0.3 is 0 Å². The summed E-state index contributed by atoms with van der Waals surface area (Å²) in [6, 6.07) is 5.78. The van der Waals surface area contributed by atoms with Crippen molar-refractivity contribution in [1.82, 2.24) is 0 Å². The zero-order valence-electron chi connectivity index (χ0n) is 9.58. The van der Waals surface area contributed by atoms with E-state index in [9.17, 15) is 19.1 Å². The Balaban J connectivity index is 2.97. The van der Waals surface area contributed by atoms with Crippen LogP contribution in [0, 0.1) is 16.0 Å². The Kier molecular flexibility index (Phi) is 4.51. The summed E-state index contributed by atoms with van der Waals surface area (Å²) in [5.41, 5.74) is -0.206. The van der Waals surface area contributed by atoms with Crippen LogP contribution in [-0.2, 0) is 15.6 Å². The minimum Gasteiger partial charge on any atom is -0.298 e. The van der Waals surface area contributed by atoms with E-state index in [4.69, 9.17) is 0 Å². The SMILES string of the molecule is CC(C)C(=O)CS(=O)c1ccccc1[N+](=O)[O-]. The Bertz CT molecular complexity index is 470. The molecule has 1 atom stereocenters. The fraction of sp³-hybridized carbons (Fsp3) is 0.364. The molecule has 0 amide bonds. The highest BCUT2D eigenvalue weighted by Gasteiger charge is 2.21. The van der Waals surface area contributed by atoms with Gasteiger partial charge < -0.3 is 0 Å². The van der Waals surface area contributed by atoms with Crippen LogP contribution in [0.15, 0.2) is 29.2 Å². The molecule has 1 aromatic carbocycles. The predicted molar refractivity (Wildman–Crippen MR) is 64.2 cm³/mol. The van der Waals surface area contributed by atoms with E-state index in [-0.39, 0.29) is 28.0 Å². The number of ketones is 1. The van der Waals surface area contributed by atoms with Crippen molar-refractivity contribution in [2.75, 3.05) is 5.75 Å². The van der Waals surface area contributed by atoms with Crippen molar-refractivity contribution in [1.29, 1.82) is 0 Å². The molecule has 0 radical (unpaired) electrons. The van der Waals surface area contributed by atoms with Gasteiger partial charge in [-0.15, -0.1) is 0 Å². The van der Waals surface area contributed by atoms with Crippen molar-refractivity contribution < 1.29 is 13.9 Å². The van der Waals surface area contributed by atoms with Crippen LogP contribution in [0.25, 0.3) is 0 Å². The Hall–Kier alpha value is -1.56. The molecular weight excluding hydrogens is 242 g/mol. The van der Waals surface area contributed by atoms with Crippen LogP contribution in [0.2, 0.25) is 0 Å². The summed E-state index contributed by atoms with van der Waals surface area (Å²) in [5.74, 6) is -0.564. The van der Waals surface area contributed by atoms with Crippen LogP contribution < -0.4 is 0 Å². The zero-order chi connectivity index (χ0) is 13.0. The van der Waals surface area contributed by atoms with E-state index in [1.165, 1.54) is 18.2 Å². The molecule has 1 aromatic rings. The summed E-state index contributed by atoms with van der Waals surface area (Å²) in [5, 5.41) is 10.7. The molecule has 0 saturated carbocycles. The Morgan fingerprint density at radius 3 is 2.53 bits per heavy atom. The quantitative estimate of drug-likeness (QED) is 0.595. The van der Waals surface area contributed by atoms with Crippen molar-refractivity contribution in [3.63, 3.8) is 0 Å². The molecule has 92 valence electrons. The molecule has 0 aliphatic rings. The summed E-state index contributed by atoms with van der Waals surface area (Å²) in [6.07, 6.45) is 0. The van der Waals surface area contributed by atoms with Gasteiger partial charge in [-0.05, 0) is 6.07 Å². The van der Waals surface area contributed by atoms with Gasteiger partial charge in [-0.3, -0.25) is 19.1 Å². The molecule has 0 heterocycles. The van der Waals surface area contributed by atoms with Gasteiger partial charge in [0.15, 0.2) is 0 Å². The smallest absolute Gasteiger partial charge is 0.285 e. The number of carbonyl (C=O) groups excluding carboxylic acids is 1. The molecule has 17 heavy (non-hydrogen) atoms. The monoisotopic (exact) mass is 255 g/mol. The number of hydrogen-bond acceptors (Lipinski definition) is 4. The Labute approximate surface area is 101 Å². The van der Waals surface area contributed by atoms with Crippen LogP contribution in [0.3, 0.4) is 0 Å². The molecule has 0 bridgehead atoms. The number of nitro groups is 1.